The van der Waals surface area contributed by atoms with Gasteiger partial charge in [0.05, 0.1) is 12.3 Å². The van der Waals surface area contributed by atoms with E-state index in [1.165, 1.54) is 5.56 Å². The minimum Gasteiger partial charge on any atom is -0.469 e. The number of nitrogens with one attached hydrogen (secondary N) is 1. The van der Waals surface area contributed by atoms with Crippen LogP contribution in [0.5, 0.6) is 0 Å². The molecule has 1 aliphatic heterocycles. The van der Waals surface area contributed by atoms with Crippen LogP contribution in [-0.4, -0.2) is 23.5 Å². The van der Waals surface area contributed by atoms with Crippen molar-refractivity contribution in [3.05, 3.63) is 46.5 Å². The second-order valence-corrected chi connectivity index (χ2v) is 6.32. The van der Waals surface area contributed by atoms with Gasteiger partial charge in [0.2, 0.25) is 0 Å². The summed E-state index contributed by atoms with van der Waals surface area (Å²) in [4.78, 5) is 14.4. The number of likely N-dealkylation sites (tertiary alicyclic amines) is 1. The lowest BCUT2D eigenvalue weighted by Crippen LogP contribution is -2.44. The van der Waals surface area contributed by atoms with Gasteiger partial charge < -0.3 is 14.6 Å². The van der Waals surface area contributed by atoms with Crippen molar-refractivity contribution in [2.45, 2.75) is 38.3 Å². The molecule has 2 unspecified atom stereocenters. The lowest BCUT2D eigenvalue weighted by atomic mass is 10.1. The number of nitrogens with zero attached hydrogens (tertiary/aromatic N) is 1. The van der Waals surface area contributed by atoms with Crippen molar-refractivity contribution in [3.8, 4) is 0 Å². The van der Waals surface area contributed by atoms with E-state index in [0.29, 0.717) is 0 Å². The van der Waals surface area contributed by atoms with Gasteiger partial charge in [-0.1, -0.05) is 0 Å². The Labute approximate surface area is 128 Å². The third-order valence-corrected chi connectivity index (χ3v) is 4.60. The van der Waals surface area contributed by atoms with Crippen LogP contribution >= 0.6 is 11.3 Å². The Bertz CT molecular complexity index is 565. The van der Waals surface area contributed by atoms with E-state index in [4.69, 9.17) is 4.42 Å². The fourth-order valence-electron chi connectivity index (χ4n) is 2.90. The third-order valence-electron chi connectivity index (χ3n) is 3.90. The van der Waals surface area contributed by atoms with Crippen molar-refractivity contribution in [2.75, 3.05) is 6.54 Å². The first kappa shape index (κ1) is 14.2. The molecular formula is C16H20N2O2S. The van der Waals surface area contributed by atoms with Gasteiger partial charge in [0.15, 0.2) is 0 Å². The molecule has 21 heavy (non-hydrogen) atoms. The number of thiophene rings is 1. The number of carbonyl (C=O) groups is 1. The molecule has 2 amide bonds. The first-order valence-corrected chi connectivity index (χ1v) is 8.30. The van der Waals surface area contributed by atoms with Crippen LogP contribution in [0.15, 0.2) is 39.6 Å². The van der Waals surface area contributed by atoms with Gasteiger partial charge in [-0.2, -0.15) is 11.3 Å². The molecule has 5 heteroatoms. The Morgan fingerprint density at radius 2 is 2.48 bits per heavy atom. The summed E-state index contributed by atoms with van der Waals surface area (Å²) in [6.07, 6.45) is 4.50. The molecule has 0 spiro atoms. The summed E-state index contributed by atoms with van der Waals surface area (Å²) >= 11 is 1.69. The van der Waals surface area contributed by atoms with Crippen molar-refractivity contribution in [1.29, 1.82) is 0 Å². The van der Waals surface area contributed by atoms with Gasteiger partial charge in [0.1, 0.15) is 5.76 Å². The smallest absolute Gasteiger partial charge is 0.318 e. The Morgan fingerprint density at radius 3 is 3.19 bits per heavy atom. The van der Waals surface area contributed by atoms with Crippen molar-refractivity contribution >= 4 is 17.4 Å². The van der Waals surface area contributed by atoms with Crippen LogP contribution in [0, 0.1) is 0 Å². The molecule has 3 rings (SSSR count). The fourth-order valence-corrected chi connectivity index (χ4v) is 3.60. The zero-order chi connectivity index (χ0) is 14.7. The zero-order valence-corrected chi connectivity index (χ0v) is 12.9. The molecular weight excluding hydrogens is 284 g/mol. The normalized spacial score (nSPS) is 19.7. The summed E-state index contributed by atoms with van der Waals surface area (Å²) in [6.45, 7) is 2.84. The largest absolute Gasteiger partial charge is 0.469 e. The first-order chi connectivity index (χ1) is 10.2. The molecule has 2 aromatic heterocycles. The van der Waals surface area contributed by atoms with Crippen LogP contribution in [-0.2, 0) is 6.42 Å². The summed E-state index contributed by atoms with van der Waals surface area (Å²) in [7, 11) is 0. The number of carbonyl (C=O) groups excluding carboxylic acids is 1. The van der Waals surface area contributed by atoms with Gasteiger partial charge in [-0.25, -0.2) is 4.79 Å². The maximum atomic E-state index is 12.5. The van der Waals surface area contributed by atoms with E-state index in [-0.39, 0.29) is 18.1 Å². The number of hydrogen-bond donors (Lipinski definition) is 1. The highest BCUT2D eigenvalue weighted by atomic mass is 32.1. The van der Waals surface area contributed by atoms with E-state index in [2.05, 4.69) is 22.1 Å². The predicted molar refractivity (Wildman–Crippen MR) is 83.4 cm³/mol. The molecule has 3 heterocycles. The van der Waals surface area contributed by atoms with Crippen LogP contribution in [0.2, 0.25) is 0 Å². The molecule has 1 saturated heterocycles. The predicted octanol–water partition coefficient (Wildman–Crippen LogP) is 3.82. The van der Waals surface area contributed by atoms with E-state index < -0.39 is 0 Å². The monoisotopic (exact) mass is 304 g/mol. The number of rotatable bonds is 4. The molecule has 2 aromatic rings. The summed E-state index contributed by atoms with van der Waals surface area (Å²) in [5.41, 5.74) is 1.26. The lowest BCUT2D eigenvalue weighted by Gasteiger charge is -2.26. The van der Waals surface area contributed by atoms with Gasteiger partial charge >= 0.3 is 6.03 Å². The van der Waals surface area contributed by atoms with Crippen LogP contribution in [0.4, 0.5) is 4.79 Å². The third kappa shape index (κ3) is 3.29. The van der Waals surface area contributed by atoms with E-state index in [1.807, 2.05) is 24.0 Å². The van der Waals surface area contributed by atoms with Gasteiger partial charge in [-0.15, -0.1) is 0 Å². The minimum absolute atomic E-state index is 0.0303. The summed E-state index contributed by atoms with van der Waals surface area (Å²) in [6, 6.07) is 6.25. The van der Waals surface area contributed by atoms with Crippen LogP contribution < -0.4 is 5.32 Å². The summed E-state index contributed by atoms with van der Waals surface area (Å²) in [5, 5.41) is 7.30. The molecule has 1 aliphatic rings. The van der Waals surface area contributed by atoms with Crippen molar-refractivity contribution in [3.63, 3.8) is 0 Å². The summed E-state index contributed by atoms with van der Waals surface area (Å²) in [5.74, 6) is 0.901. The molecule has 4 nitrogen and oxygen atoms in total. The quantitative estimate of drug-likeness (QED) is 0.933. The molecule has 0 saturated carbocycles. The topological polar surface area (TPSA) is 45.5 Å². The average molecular weight is 304 g/mol. The van der Waals surface area contributed by atoms with Gasteiger partial charge in [0.25, 0.3) is 0 Å². The first-order valence-electron chi connectivity index (χ1n) is 7.35. The molecule has 0 bridgehead atoms. The molecule has 0 aromatic carbocycles. The molecule has 2 atom stereocenters. The molecule has 0 radical (unpaired) electrons. The summed E-state index contributed by atoms with van der Waals surface area (Å²) < 4.78 is 5.33. The van der Waals surface area contributed by atoms with E-state index >= 15 is 0 Å². The fraction of sp³-hybridized carbons (Fsp3) is 0.438. The SMILES string of the molecule is CC(Cc1ccco1)NC(=O)N1CCCC1c1ccsc1. The molecule has 0 aliphatic carbocycles. The van der Waals surface area contributed by atoms with Gasteiger partial charge in [-0.3, -0.25) is 0 Å². The second-order valence-electron chi connectivity index (χ2n) is 5.54. The van der Waals surface area contributed by atoms with Crippen LogP contribution in [0.3, 0.4) is 0 Å². The Morgan fingerprint density at radius 1 is 1.57 bits per heavy atom. The van der Waals surface area contributed by atoms with E-state index in [9.17, 15) is 4.79 Å². The van der Waals surface area contributed by atoms with Crippen molar-refractivity contribution in [1.82, 2.24) is 10.2 Å². The average Bonchev–Trinajstić information content (AvgIpc) is 3.20. The number of furan rings is 1. The van der Waals surface area contributed by atoms with Gasteiger partial charge in [0, 0.05) is 19.0 Å². The standard InChI is InChI=1S/C16H20N2O2S/c1-12(10-14-4-3-8-20-14)17-16(19)18-7-2-5-15(18)13-6-9-21-11-13/h3-4,6,8-9,11-12,15H,2,5,7,10H2,1H3,(H,17,19). The number of urea groups is 1. The van der Waals surface area contributed by atoms with Gasteiger partial charge in [-0.05, 0) is 54.3 Å². The number of amides is 2. The molecule has 1 fully saturated rings. The highest BCUT2D eigenvalue weighted by Gasteiger charge is 2.30. The highest BCUT2D eigenvalue weighted by Crippen LogP contribution is 2.32. The number of hydrogen-bond acceptors (Lipinski definition) is 3. The lowest BCUT2D eigenvalue weighted by molar-refractivity contribution is 0.189. The van der Waals surface area contributed by atoms with Crippen molar-refractivity contribution < 1.29 is 9.21 Å². The Hall–Kier alpha value is -1.75. The zero-order valence-electron chi connectivity index (χ0n) is 12.1. The van der Waals surface area contributed by atoms with Crippen LogP contribution in [0.1, 0.15) is 37.1 Å². The Kier molecular flexibility index (Phi) is 4.29. The maximum absolute atomic E-state index is 12.5. The van der Waals surface area contributed by atoms with Crippen LogP contribution in [0.25, 0.3) is 0 Å². The van der Waals surface area contributed by atoms with E-state index in [1.54, 1.807) is 17.6 Å². The highest BCUT2D eigenvalue weighted by molar-refractivity contribution is 7.07. The van der Waals surface area contributed by atoms with E-state index in [0.717, 1.165) is 31.6 Å². The van der Waals surface area contributed by atoms with Crippen molar-refractivity contribution in [2.24, 2.45) is 0 Å². The molecule has 112 valence electrons. The maximum Gasteiger partial charge on any atom is 0.318 e. The second kappa shape index (κ2) is 6.35. The molecule has 1 N–H and O–H groups in total. The minimum atomic E-state index is 0.0303. The Balaban J connectivity index is 1.59.